The van der Waals surface area contributed by atoms with Gasteiger partial charge in [0.1, 0.15) is 22.7 Å². The van der Waals surface area contributed by atoms with Crippen molar-refractivity contribution in [2.45, 2.75) is 47.0 Å². The molecule has 3 rings (SSSR count). The summed E-state index contributed by atoms with van der Waals surface area (Å²) in [4.78, 5) is 2.34. The number of thiophene rings is 1. The first-order valence-electron chi connectivity index (χ1n) is 11.7. The number of allylic oxidation sites excluding steroid dienone is 1. The standard InChI is InChI=1S/C28H33F2N3S/c1-7-12-33(6)15-17(4)8-9-19-18(5)25(24(30)13-21(19)16(2)3)20-10-11-23(29)27-26(20)22(14-31)28(32)34-27/h10-11,13,17H,2,7-9,12,15,32H2,1,3-6H3. The third-order valence-corrected chi connectivity index (χ3v) is 7.46. The van der Waals surface area contributed by atoms with Gasteiger partial charge >= 0.3 is 0 Å². The van der Waals surface area contributed by atoms with Crippen molar-refractivity contribution in [2.75, 3.05) is 25.9 Å². The molecule has 0 bridgehead atoms. The minimum atomic E-state index is -0.459. The molecule has 34 heavy (non-hydrogen) atoms. The van der Waals surface area contributed by atoms with E-state index >= 15 is 4.39 Å². The Balaban J connectivity index is 2.14. The largest absolute Gasteiger partial charge is 0.389 e. The van der Waals surface area contributed by atoms with E-state index in [1.165, 1.54) is 12.1 Å². The molecule has 0 spiro atoms. The van der Waals surface area contributed by atoms with Crippen molar-refractivity contribution in [3.63, 3.8) is 0 Å². The molecule has 1 aromatic heterocycles. The lowest BCUT2D eigenvalue weighted by atomic mass is 9.85. The number of benzene rings is 2. The van der Waals surface area contributed by atoms with Crippen LogP contribution in [0.25, 0.3) is 26.8 Å². The van der Waals surface area contributed by atoms with Gasteiger partial charge in [0, 0.05) is 17.5 Å². The van der Waals surface area contributed by atoms with E-state index in [0.29, 0.717) is 22.4 Å². The van der Waals surface area contributed by atoms with Crippen molar-refractivity contribution in [1.29, 1.82) is 5.26 Å². The SMILES string of the molecule is C=C(C)c1cc(F)c(-c2ccc(F)c3sc(N)c(C#N)c23)c(C)c1CCC(C)CN(C)CCC. The lowest BCUT2D eigenvalue weighted by Gasteiger charge is -2.23. The normalized spacial score (nSPS) is 12.3. The van der Waals surface area contributed by atoms with Gasteiger partial charge in [-0.15, -0.1) is 11.3 Å². The maximum absolute atomic E-state index is 15.6. The van der Waals surface area contributed by atoms with E-state index in [4.69, 9.17) is 5.73 Å². The van der Waals surface area contributed by atoms with Crippen LogP contribution in [0.15, 0.2) is 24.8 Å². The summed E-state index contributed by atoms with van der Waals surface area (Å²) in [6.07, 6.45) is 2.85. The monoisotopic (exact) mass is 481 g/mol. The number of halogens is 2. The molecule has 0 fully saturated rings. The van der Waals surface area contributed by atoms with Gasteiger partial charge in [-0.3, -0.25) is 0 Å². The Morgan fingerprint density at radius 3 is 2.62 bits per heavy atom. The van der Waals surface area contributed by atoms with E-state index in [9.17, 15) is 9.65 Å². The number of nitrogens with zero attached hydrogens (tertiary/aromatic N) is 2. The second-order valence-corrected chi connectivity index (χ2v) is 10.4. The second-order valence-electron chi connectivity index (χ2n) is 9.32. The highest BCUT2D eigenvalue weighted by molar-refractivity contribution is 7.23. The maximum atomic E-state index is 15.6. The van der Waals surface area contributed by atoms with Crippen molar-refractivity contribution in [2.24, 2.45) is 5.92 Å². The van der Waals surface area contributed by atoms with Crippen molar-refractivity contribution in [3.8, 4) is 17.2 Å². The molecule has 3 aromatic rings. The van der Waals surface area contributed by atoms with Crippen LogP contribution in [0.4, 0.5) is 13.8 Å². The second kappa shape index (κ2) is 10.7. The number of nitriles is 1. The van der Waals surface area contributed by atoms with E-state index in [0.717, 1.165) is 66.0 Å². The van der Waals surface area contributed by atoms with Crippen molar-refractivity contribution < 1.29 is 8.78 Å². The topological polar surface area (TPSA) is 53.1 Å². The van der Waals surface area contributed by atoms with Crippen molar-refractivity contribution in [1.82, 2.24) is 4.90 Å². The zero-order valence-corrected chi connectivity index (χ0v) is 21.5. The van der Waals surface area contributed by atoms with Gasteiger partial charge in [-0.1, -0.05) is 32.1 Å². The summed E-state index contributed by atoms with van der Waals surface area (Å²) >= 11 is 1.03. The van der Waals surface area contributed by atoms with Gasteiger partial charge in [-0.25, -0.2) is 8.78 Å². The number of hydrogen-bond acceptors (Lipinski definition) is 4. The van der Waals surface area contributed by atoms with Crippen LogP contribution in [0, 0.1) is 35.8 Å². The van der Waals surface area contributed by atoms with Crippen LogP contribution < -0.4 is 5.73 Å². The Morgan fingerprint density at radius 2 is 2.00 bits per heavy atom. The summed E-state index contributed by atoms with van der Waals surface area (Å²) in [6, 6.07) is 6.50. The molecule has 1 atom stereocenters. The highest BCUT2D eigenvalue weighted by Gasteiger charge is 2.23. The van der Waals surface area contributed by atoms with Crippen LogP contribution >= 0.6 is 11.3 Å². The van der Waals surface area contributed by atoms with Gasteiger partial charge < -0.3 is 10.6 Å². The Hall–Kier alpha value is -2.75. The smallest absolute Gasteiger partial charge is 0.141 e. The fourth-order valence-electron chi connectivity index (χ4n) is 4.85. The van der Waals surface area contributed by atoms with Crippen LogP contribution in [0.3, 0.4) is 0 Å². The molecule has 0 aliphatic rings. The van der Waals surface area contributed by atoms with E-state index in [1.807, 2.05) is 13.8 Å². The lowest BCUT2D eigenvalue weighted by molar-refractivity contribution is 0.279. The Kier molecular flexibility index (Phi) is 8.12. The van der Waals surface area contributed by atoms with Crippen LogP contribution in [0.5, 0.6) is 0 Å². The molecule has 6 heteroatoms. The maximum Gasteiger partial charge on any atom is 0.141 e. The molecule has 0 saturated heterocycles. The lowest BCUT2D eigenvalue weighted by Crippen LogP contribution is -2.25. The summed E-state index contributed by atoms with van der Waals surface area (Å²) in [5.74, 6) is -0.392. The third-order valence-electron chi connectivity index (χ3n) is 6.44. The van der Waals surface area contributed by atoms with Gasteiger partial charge in [0.2, 0.25) is 0 Å². The van der Waals surface area contributed by atoms with Gasteiger partial charge in [0.15, 0.2) is 0 Å². The first-order valence-corrected chi connectivity index (χ1v) is 12.5. The number of nitrogens with two attached hydrogens (primary N) is 1. The molecule has 2 aromatic carbocycles. The number of fused-ring (bicyclic) bond motifs is 1. The molecule has 180 valence electrons. The fourth-order valence-corrected chi connectivity index (χ4v) is 5.80. The highest BCUT2D eigenvalue weighted by Crippen LogP contribution is 2.44. The Bertz CT molecular complexity index is 1270. The van der Waals surface area contributed by atoms with Crippen LogP contribution in [-0.4, -0.2) is 25.0 Å². The molecule has 3 nitrogen and oxygen atoms in total. The van der Waals surface area contributed by atoms with Crippen molar-refractivity contribution >= 4 is 32.0 Å². The zero-order valence-electron chi connectivity index (χ0n) is 20.7. The first kappa shape index (κ1) is 25.9. The Morgan fingerprint density at radius 1 is 1.29 bits per heavy atom. The minimum Gasteiger partial charge on any atom is -0.389 e. The molecule has 0 saturated carbocycles. The average molecular weight is 482 g/mol. The van der Waals surface area contributed by atoms with Crippen LogP contribution in [0.2, 0.25) is 0 Å². The summed E-state index contributed by atoms with van der Waals surface area (Å²) < 4.78 is 30.5. The molecule has 1 heterocycles. The molecule has 1 unspecified atom stereocenters. The average Bonchev–Trinajstić information content (AvgIpc) is 3.11. The molecule has 0 aliphatic heterocycles. The van der Waals surface area contributed by atoms with Gasteiger partial charge in [0.25, 0.3) is 0 Å². The van der Waals surface area contributed by atoms with Gasteiger partial charge in [-0.05, 0) is 87.0 Å². The quantitative estimate of drug-likeness (QED) is 0.343. The van der Waals surface area contributed by atoms with Crippen LogP contribution in [0.1, 0.15) is 55.9 Å². The first-order chi connectivity index (χ1) is 16.1. The fraction of sp³-hybridized carbons (Fsp3) is 0.393. The van der Waals surface area contributed by atoms with Crippen LogP contribution in [-0.2, 0) is 6.42 Å². The molecule has 2 N–H and O–H groups in total. The molecular weight excluding hydrogens is 448 g/mol. The number of nitrogen functional groups attached to an aromatic ring is 1. The zero-order chi connectivity index (χ0) is 25.2. The third kappa shape index (κ3) is 5.01. The minimum absolute atomic E-state index is 0.200. The summed E-state index contributed by atoms with van der Waals surface area (Å²) in [5, 5.41) is 10.3. The number of anilines is 1. The summed E-state index contributed by atoms with van der Waals surface area (Å²) in [5.41, 5.74) is 10.6. The predicted octanol–water partition coefficient (Wildman–Crippen LogP) is 7.55. The van der Waals surface area contributed by atoms with Gasteiger partial charge in [0.05, 0.1) is 10.3 Å². The van der Waals surface area contributed by atoms with E-state index in [-0.39, 0.29) is 15.3 Å². The predicted molar refractivity (Wildman–Crippen MR) is 141 cm³/mol. The molecule has 0 radical (unpaired) electrons. The number of hydrogen-bond donors (Lipinski definition) is 1. The van der Waals surface area contributed by atoms with Crippen molar-refractivity contribution in [3.05, 3.63) is 58.7 Å². The summed E-state index contributed by atoms with van der Waals surface area (Å²) in [6.45, 7) is 14.4. The molecular formula is C28H33F2N3S. The number of rotatable bonds is 9. The Labute approximate surface area is 205 Å². The summed E-state index contributed by atoms with van der Waals surface area (Å²) in [7, 11) is 2.14. The highest BCUT2D eigenvalue weighted by atomic mass is 32.1. The molecule has 0 amide bonds. The molecule has 0 aliphatic carbocycles. The van der Waals surface area contributed by atoms with E-state index in [2.05, 4.69) is 38.4 Å². The van der Waals surface area contributed by atoms with E-state index in [1.54, 1.807) is 6.07 Å². The van der Waals surface area contributed by atoms with E-state index < -0.39 is 11.6 Å². The van der Waals surface area contributed by atoms with Gasteiger partial charge in [-0.2, -0.15) is 5.26 Å².